The van der Waals surface area contributed by atoms with Crippen LogP contribution in [-0.4, -0.2) is 27.7 Å². The summed E-state index contributed by atoms with van der Waals surface area (Å²) in [5.74, 6) is 0.735. The number of hydrogen-bond donors (Lipinski definition) is 1. The van der Waals surface area contributed by atoms with Crippen LogP contribution in [0.5, 0.6) is 5.75 Å². The summed E-state index contributed by atoms with van der Waals surface area (Å²) in [6.07, 6.45) is 6.70. The molecule has 0 unspecified atom stereocenters. The van der Waals surface area contributed by atoms with Crippen molar-refractivity contribution in [3.8, 4) is 5.75 Å². The highest BCUT2D eigenvalue weighted by Crippen LogP contribution is 2.25. The molecule has 0 aliphatic carbocycles. The summed E-state index contributed by atoms with van der Waals surface area (Å²) < 4.78 is 7.27. The van der Waals surface area contributed by atoms with E-state index < -0.39 is 5.97 Å². The van der Waals surface area contributed by atoms with Gasteiger partial charge >= 0.3 is 5.97 Å². The minimum Gasteiger partial charge on any atom is -0.496 e. The smallest absolute Gasteiger partial charge is 0.332 e. The molecule has 30 heavy (non-hydrogen) atoms. The molecule has 1 N–H and O–H groups in total. The number of benzene rings is 1. The van der Waals surface area contributed by atoms with Crippen molar-refractivity contribution in [3.63, 3.8) is 0 Å². The minimum atomic E-state index is -0.942. The number of aryl methyl sites for hydroxylation is 1. The number of unbranched alkanes of at least 4 members (excludes halogenated alkanes) is 1. The fraction of sp³-hybridized carbons (Fsp3) is 0.304. The first-order valence-electron chi connectivity index (χ1n) is 9.84. The van der Waals surface area contributed by atoms with Crippen LogP contribution in [0.15, 0.2) is 47.5 Å². The second-order valence-electron chi connectivity index (χ2n) is 6.98. The molecule has 0 aliphatic heterocycles. The van der Waals surface area contributed by atoms with Crippen LogP contribution in [0, 0.1) is 0 Å². The first-order chi connectivity index (χ1) is 14.5. The van der Waals surface area contributed by atoms with Gasteiger partial charge < -0.3 is 14.4 Å². The molecule has 2 heterocycles. The average molecular weight is 445 g/mol. The van der Waals surface area contributed by atoms with Gasteiger partial charge in [-0.05, 0) is 30.2 Å². The largest absolute Gasteiger partial charge is 0.496 e. The van der Waals surface area contributed by atoms with E-state index >= 15 is 0 Å². The number of aliphatic carboxylic acids is 1. The molecule has 158 valence electrons. The third-order valence-electron chi connectivity index (χ3n) is 4.84. The molecular weight excluding hydrogens is 420 g/mol. The van der Waals surface area contributed by atoms with Gasteiger partial charge in [-0.15, -0.1) is 11.3 Å². The van der Waals surface area contributed by atoms with E-state index in [2.05, 4.69) is 16.5 Å². The number of imidazole rings is 1. The first kappa shape index (κ1) is 22.1. The van der Waals surface area contributed by atoms with Crippen LogP contribution < -0.4 is 4.74 Å². The van der Waals surface area contributed by atoms with E-state index in [1.165, 1.54) is 11.3 Å². The van der Waals surface area contributed by atoms with Crippen molar-refractivity contribution in [2.75, 3.05) is 7.11 Å². The molecule has 0 radical (unpaired) electrons. The van der Waals surface area contributed by atoms with Crippen molar-refractivity contribution in [1.29, 1.82) is 0 Å². The lowest BCUT2D eigenvalue weighted by Gasteiger charge is -2.12. The van der Waals surface area contributed by atoms with E-state index in [0.717, 1.165) is 47.0 Å². The Morgan fingerprint density at radius 3 is 2.83 bits per heavy atom. The zero-order chi connectivity index (χ0) is 21.5. The van der Waals surface area contributed by atoms with Gasteiger partial charge in [0, 0.05) is 33.7 Å². The van der Waals surface area contributed by atoms with E-state index in [4.69, 9.17) is 16.3 Å². The molecule has 3 aromatic rings. The molecule has 0 saturated heterocycles. The Balaban J connectivity index is 1.96. The van der Waals surface area contributed by atoms with Crippen LogP contribution in [0.2, 0.25) is 5.02 Å². The highest BCUT2D eigenvalue weighted by Gasteiger charge is 2.15. The summed E-state index contributed by atoms with van der Waals surface area (Å²) in [5.41, 5.74) is 2.05. The molecule has 0 fully saturated rings. The quantitative estimate of drug-likeness (QED) is 0.407. The van der Waals surface area contributed by atoms with Gasteiger partial charge in [0.15, 0.2) is 0 Å². The number of ether oxygens (including phenoxy) is 1. The summed E-state index contributed by atoms with van der Waals surface area (Å²) in [6.45, 7) is 2.68. The van der Waals surface area contributed by atoms with Crippen molar-refractivity contribution in [2.24, 2.45) is 0 Å². The van der Waals surface area contributed by atoms with Crippen LogP contribution in [0.3, 0.4) is 0 Å². The fourth-order valence-corrected chi connectivity index (χ4v) is 4.22. The third kappa shape index (κ3) is 5.52. The van der Waals surface area contributed by atoms with Gasteiger partial charge in [0.25, 0.3) is 0 Å². The number of carboxylic acids is 1. The van der Waals surface area contributed by atoms with Crippen LogP contribution in [0.4, 0.5) is 0 Å². The average Bonchev–Trinajstić information content (AvgIpc) is 3.34. The molecule has 3 rings (SSSR count). The molecule has 0 amide bonds. The summed E-state index contributed by atoms with van der Waals surface area (Å²) in [5, 5.41) is 12.3. The predicted octanol–water partition coefficient (Wildman–Crippen LogP) is 5.71. The highest BCUT2D eigenvalue weighted by molar-refractivity contribution is 7.10. The van der Waals surface area contributed by atoms with Gasteiger partial charge in [-0.2, -0.15) is 0 Å². The van der Waals surface area contributed by atoms with Gasteiger partial charge in [-0.25, -0.2) is 9.78 Å². The molecular formula is C23H25ClN2O3S. The lowest BCUT2D eigenvalue weighted by molar-refractivity contribution is -0.132. The Labute approximate surface area is 185 Å². The highest BCUT2D eigenvalue weighted by atomic mass is 35.5. The normalized spacial score (nSPS) is 11.6. The second-order valence-corrected chi connectivity index (χ2v) is 8.39. The van der Waals surface area contributed by atoms with Crippen molar-refractivity contribution in [1.82, 2.24) is 9.55 Å². The number of thiophene rings is 1. The molecule has 5 nitrogen and oxygen atoms in total. The fourth-order valence-electron chi connectivity index (χ4n) is 3.17. The number of hydrogen-bond acceptors (Lipinski definition) is 4. The van der Waals surface area contributed by atoms with Crippen molar-refractivity contribution in [2.45, 2.75) is 39.2 Å². The van der Waals surface area contributed by atoms with Crippen molar-refractivity contribution in [3.05, 3.63) is 74.5 Å². The maximum Gasteiger partial charge on any atom is 0.332 e. The molecule has 0 bridgehead atoms. The number of aromatic nitrogens is 2. The number of rotatable bonds is 10. The monoisotopic (exact) mass is 444 g/mol. The van der Waals surface area contributed by atoms with Crippen LogP contribution in [-0.2, 0) is 24.2 Å². The Morgan fingerprint density at radius 1 is 1.37 bits per heavy atom. The zero-order valence-corrected chi connectivity index (χ0v) is 18.7. The number of halogens is 1. The van der Waals surface area contributed by atoms with E-state index in [9.17, 15) is 9.90 Å². The van der Waals surface area contributed by atoms with Crippen molar-refractivity contribution >= 4 is 35.0 Å². The lowest BCUT2D eigenvalue weighted by atomic mass is 10.1. The number of carboxylic acid groups (broad SMARTS) is 1. The summed E-state index contributed by atoms with van der Waals surface area (Å²) in [4.78, 5) is 17.5. The second kappa shape index (κ2) is 10.5. The van der Waals surface area contributed by atoms with Gasteiger partial charge in [0.2, 0.25) is 0 Å². The number of methoxy groups -OCH3 is 1. The Morgan fingerprint density at radius 2 is 2.17 bits per heavy atom. The third-order valence-corrected chi connectivity index (χ3v) is 6.12. The number of nitrogens with zero attached hydrogens (tertiary/aromatic N) is 2. The Hall–Kier alpha value is -2.57. The van der Waals surface area contributed by atoms with E-state index in [1.807, 2.05) is 35.7 Å². The van der Waals surface area contributed by atoms with Gasteiger partial charge in [0.1, 0.15) is 11.6 Å². The molecule has 0 atom stereocenters. The van der Waals surface area contributed by atoms with Crippen LogP contribution >= 0.6 is 22.9 Å². The molecule has 7 heteroatoms. The topological polar surface area (TPSA) is 64.3 Å². The Kier molecular flexibility index (Phi) is 7.71. The van der Waals surface area contributed by atoms with E-state index in [-0.39, 0.29) is 0 Å². The minimum absolute atomic E-state index is 0.307. The van der Waals surface area contributed by atoms with Gasteiger partial charge in [-0.1, -0.05) is 43.1 Å². The maximum atomic E-state index is 11.9. The van der Waals surface area contributed by atoms with Gasteiger partial charge in [-0.3, -0.25) is 0 Å². The first-order valence-corrected chi connectivity index (χ1v) is 11.1. The SMILES string of the molecule is CCCCc1ncc(/C=C(\Cc2cc(OC)cs2)C(=O)O)n1Cc1ccccc1Cl. The molecule has 0 spiro atoms. The lowest BCUT2D eigenvalue weighted by Crippen LogP contribution is -2.09. The summed E-state index contributed by atoms with van der Waals surface area (Å²) in [7, 11) is 1.60. The summed E-state index contributed by atoms with van der Waals surface area (Å²) in [6, 6.07) is 9.56. The summed E-state index contributed by atoms with van der Waals surface area (Å²) >= 11 is 7.86. The molecule has 0 saturated carbocycles. The Bertz CT molecular complexity index is 1040. The zero-order valence-electron chi connectivity index (χ0n) is 17.1. The molecule has 1 aromatic carbocycles. The van der Waals surface area contributed by atoms with Crippen LogP contribution in [0.1, 0.15) is 41.7 Å². The van der Waals surface area contributed by atoms with E-state index in [1.54, 1.807) is 19.4 Å². The molecule has 2 aromatic heterocycles. The van der Waals surface area contributed by atoms with Crippen LogP contribution in [0.25, 0.3) is 6.08 Å². The maximum absolute atomic E-state index is 11.9. The van der Waals surface area contributed by atoms with E-state index in [0.29, 0.717) is 23.6 Å². The van der Waals surface area contributed by atoms with Gasteiger partial charge in [0.05, 0.1) is 25.5 Å². The van der Waals surface area contributed by atoms with Crippen molar-refractivity contribution < 1.29 is 14.6 Å². The molecule has 0 aliphatic rings. The standard InChI is InChI=1S/C23H25ClN2O3S/c1-3-4-9-22-25-13-18(26(22)14-16-7-5-6-8-21(16)24)10-17(23(27)28)11-20-12-19(29-2)15-30-20/h5-8,10,12-13,15H,3-4,9,11,14H2,1-2H3,(H,27,28)/b17-10+. The predicted molar refractivity (Wildman–Crippen MR) is 122 cm³/mol. The number of carbonyl (C=O) groups is 1.